The van der Waals surface area contributed by atoms with E-state index in [1.54, 1.807) is 6.92 Å². The number of carbonyl (C=O) groups is 1. The molecule has 0 radical (unpaired) electrons. The van der Waals surface area contributed by atoms with Crippen molar-refractivity contribution in [2.24, 2.45) is 5.92 Å². The number of carbonyl (C=O) groups excluding carboxylic acids is 1. The number of hydrogen-bond acceptors (Lipinski definition) is 17. The van der Waals surface area contributed by atoms with E-state index in [2.05, 4.69) is 11.9 Å². The Morgan fingerprint density at radius 2 is 1.28 bits per heavy atom. The molecule has 0 spiro atoms. The van der Waals surface area contributed by atoms with Crippen molar-refractivity contribution < 1.29 is 83.9 Å². The first-order valence-electron chi connectivity index (χ1n) is 17.1. The van der Waals surface area contributed by atoms with Gasteiger partial charge in [-0.15, -0.1) is 6.58 Å². The number of aliphatic hydroxyl groups excluding tert-OH is 9. The first-order valence-corrected chi connectivity index (χ1v) is 17.1. The molecule has 1 amide bonds. The molecule has 0 aromatic heterocycles. The third-order valence-corrected chi connectivity index (χ3v) is 9.86. The number of aliphatic hydroxyl groups is 9. The second kappa shape index (κ2) is 18.1. The van der Waals surface area contributed by atoms with E-state index in [-0.39, 0.29) is 0 Å². The van der Waals surface area contributed by atoms with Gasteiger partial charge in [0.2, 0.25) is 5.91 Å². The van der Waals surface area contributed by atoms with Crippen LogP contribution >= 0.6 is 0 Å². The molecule has 4 fully saturated rings. The van der Waals surface area contributed by atoms with Gasteiger partial charge in [0.1, 0.15) is 67.1 Å². The molecule has 0 saturated carbocycles. The Bertz CT molecular complexity index is 1090. The molecule has 0 aromatic rings. The van der Waals surface area contributed by atoms with Gasteiger partial charge in [-0.05, 0) is 20.3 Å². The molecule has 50 heavy (non-hydrogen) atoms. The van der Waals surface area contributed by atoms with Crippen molar-refractivity contribution in [1.29, 1.82) is 0 Å². The van der Waals surface area contributed by atoms with Crippen LogP contribution in [0.4, 0.5) is 0 Å². The summed E-state index contributed by atoms with van der Waals surface area (Å²) < 4.78 is 42.3. The predicted molar refractivity (Wildman–Crippen MR) is 168 cm³/mol. The molecule has 0 bridgehead atoms. The van der Waals surface area contributed by atoms with Crippen molar-refractivity contribution in [3.05, 3.63) is 12.7 Å². The van der Waals surface area contributed by atoms with Crippen LogP contribution in [0.2, 0.25) is 0 Å². The highest BCUT2D eigenvalue weighted by molar-refractivity contribution is 5.73. The van der Waals surface area contributed by atoms with E-state index in [0.717, 1.165) is 13.3 Å². The van der Waals surface area contributed by atoms with Gasteiger partial charge in [0.05, 0.1) is 43.7 Å². The van der Waals surface area contributed by atoms with Crippen molar-refractivity contribution in [2.75, 3.05) is 13.2 Å². The van der Waals surface area contributed by atoms with Crippen LogP contribution in [-0.4, -0.2) is 182 Å². The summed E-state index contributed by atoms with van der Waals surface area (Å²) in [5.41, 5.74) is 0. The van der Waals surface area contributed by atoms with Crippen molar-refractivity contribution in [2.45, 2.75) is 163 Å². The lowest BCUT2D eigenvalue weighted by Gasteiger charge is -2.51. The standard InChI is InChI=1S/C32H55NO17/c1-6-8-9-16-27(25(42)20(37)12(3)44-16)48-32-29(50-30-19(33-14(5)36)24(41)23(40)18(11-35)47-30)28(21(38)13(4)45-32)49-31-26(43)22(39)15(7-2)17(10-34)46-31/h7,12-13,15-32,34-35,37-43H,2,6,8-11H2,1,3-5H3,(H,33,36)/t12?,13?,15-,16+,17?,18?,19?,20+,21+,22?,23-,24?,25?,26?,27?,28?,29?,30+,31-,32+/m1/s1. The maximum Gasteiger partial charge on any atom is 0.217 e. The molecule has 4 rings (SSSR count). The lowest BCUT2D eigenvalue weighted by atomic mass is 9.89. The van der Waals surface area contributed by atoms with E-state index in [1.807, 2.05) is 6.92 Å². The minimum Gasteiger partial charge on any atom is -0.394 e. The van der Waals surface area contributed by atoms with Crippen LogP contribution in [0.3, 0.4) is 0 Å². The molecular formula is C32H55NO17. The van der Waals surface area contributed by atoms with E-state index in [4.69, 9.17) is 33.2 Å². The number of ether oxygens (including phenoxy) is 7. The van der Waals surface area contributed by atoms with Crippen molar-refractivity contribution in [1.82, 2.24) is 5.32 Å². The number of hydrogen-bond donors (Lipinski definition) is 10. The second-order valence-electron chi connectivity index (χ2n) is 13.5. The van der Waals surface area contributed by atoms with Gasteiger partial charge in [0, 0.05) is 12.8 Å². The smallest absolute Gasteiger partial charge is 0.217 e. The van der Waals surface area contributed by atoms with Gasteiger partial charge >= 0.3 is 0 Å². The van der Waals surface area contributed by atoms with Crippen LogP contribution in [0.5, 0.6) is 0 Å². The average Bonchev–Trinajstić information content (AvgIpc) is 3.08. The van der Waals surface area contributed by atoms with E-state index in [0.29, 0.717) is 12.8 Å². The summed E-state index contributed by atoms with van der Waals surface area (Å²) in [6.45, 7) is 8.46. The van der Waals surface area contributed by atoms with Crippen LogP contribution in [0.25, 0.3) is 0 Å². The molecular weight excluding hydrogens is 670 g/mol. The number of nitrogens with one attached hydrogen (secondary N) is 1. The maximum absolute atomic E-state index is 12.2. The lowest BCUT2D eigenvalue weighted by Crippen LogP contribution is -2.69. The van der Waals surface area contributed by atoms with E-state index < -0.39 is 142 Å². The largest absolute Gasteiger partial charge is 0.394 e. The van der Waals surface area contributed by atoms with Gasteiger partial charge in [0.15, 0.2) is 18.9 Å². The van der Waals surface area contributed by atoms with Gasteiger partial charge in [-0.3, -0.25) is 4.79 Å². The number of unbranched alkanes of at least 4 members (excludes halogenated alkanes) is 1. The first kappa shape index (κ1) is 41.3. The molecule has 290 valence electrons. The Kier molecular flexibility index (Phi) is 14.9. The van der Waals surface area contributed by atoms with E-state index in [1.165, 1.54) is 13.0 Å². The molecule has 10 N–H and O–H groups in total. The lowest BCUT2D eigenvalue weighted by molar-refractivity contribution is -0.392. The van der Waals surface area contributed by atoms with E-state index in [9.17, 15) is 50.8 Å². The van der Waals surface area contributed by atoms with E-state index >= 15 is 0 Å². The van der Waals surface area contributed by atoms with Crippen molar-refractivity contribution in [3.8, 4) is 0 Å². The highest BCUT2D eigenvalue weighted by atomic mass is 16.8. The summed E-state index contributed by atoms with van der Waals surface area (Å²) in [5.74, 6) is -1.52. The van der Waals surface area contributed by atoms with Crippen LogP contribution < -0.4 is 5.32 Å². The summed E-state index contributed by atoms with van der Waals surface area (Å²) >= 11 is 0. The van der Waals surface area contributed by atoms with Crippen LogP contribution in [0, 0.1) is 5.92 Å². The predicted octanol–water partition coefficient (Wildman–Crippen LogP) is -3.87. The first-order chi connectivity index (χ1) is 23.7. The Balaban J connectivity index is 1.74. The molecule has 0 aromatic carbocycles. The third kappa shape index (κ3) is 8.84. The fourth-order valence-electron chi connectivity index (χ4n) is 6.90. The summed E-state index contributed by atoms with van der Waals surface area (Å²) in [7, 11) is 0. The highest BCUT2D eigenvalue weighted by Gasteiger charge is 2.56. The minimum absolute atomic E-state index is 0.428. The Morgan fingerprint density at radius 1 is 0.680 bits per heavy atom. The molecule has 12 unspecified atom stereocenters. The van der Waals surface area contributed by atoms with Gasteiger partial charge in [-0.25, -0.2) is 0 Å². The number of amides is 1. The van der Waals surface area contributed by atoms with Crippen molar-refractivity contribution >= 4 is 5.91 Å². The zero-order valence-corrected chi connectivity index (χ0v) is 28.7. The Hall–Kier alpha value is -1.43. The molecule has 4 heterocycles. The Labute approximate surface area is 290 Å². The SMILES string of the molecule is C=C[C@@H]1C(CO)O[C@H](OC2C(O[C@@H]3OC(CO)[C@@H](O)C(O)C3NC(C)=O)[C@H](OC3C(O)[C@@H](O)C(C)O[C@H]3CCCC)OC(C)[C@@H]2O)C(O)C1O. The van der Waals surface area contributed by atoms with Gasteiger partial charge in [-0.1, -0.05) is 25.8 Å². The summed E-state index contributed by atoms with van der Waals surface area (Å²) in [6, 6.07) is -1.45. The topological polar surface area (TPSA) is 276 Å². The summed E-state index contributed by atoms with van der Waals surface area (Å²) in [5, 5.41) is 99.0. The van der Waals surface area contributed by atoms with Gasteiger partial charge < -0.3 is 84.4 Å². The number of rotatable bonds is 13. The van der Waals surface area contributed by atoms with Gasteiger partial charge in [-0.2, -0.15) is 0 Å². The zero-order valence-electron chi connectivity index (χ0n) is 28.7. The molecule has 20 atom stereocenters. The molecule has 18 nitrogen and oxygen atoms in total. The molecule has 4 aliphatic heterocycles. The van der Waals surface area contributed by atoms with Crippen LogP contribution in [0.1, 0.15) is 47.0 Å². The monoisotopic (exact) mass is 725 g/mol. The molecule has 4 saturated heterocycles. The maximum atomic E-state index is 12.2. The molecule has 4 aliphatic rings. The summed E-state index contributed by atoms with van der Waals surface area (Å²) in [6.07, 6.45) is -22.1. The normalized spacial score (nSPS) is 48.6. The van der Waals surface area contributed by atoms with Crippen LogP contribution in [-0.2, 0) is 38.0 Å². The second-order valence-corrected chi connectivity index (χ2v) is 13.5. The quantitative estimate of drug-likeness (QED) is 0.0814. The molecule has 18 heteroatoms. The zero-order chi connectivity index (χ0) is 37.0. The minimum atomic E-state index is -1.72. The average molecular weight is 726 g/mol. The van der Waals surface area contributed by atoms with Crippen molar-refractivity contribution in [3.63, 3.8) is 0 Å². The Morgan fingerprint density at radius 3 is 1.88 bits per heavy atom. The van der Waals surface area contributed by atoms with Gasteiger partial charge in [0.25, 0.3) is 0 Å². The van der Waals surface area contributed by atoms with Crippen LogP contribution in [0.15, 0.2) is 12.7 Å². The molecule has 0 aliphatic carbocycles. The third-order valence-electron chi connectivity index (χ3n) is 9.86. The highest BCUT2D eigenvalue weighted by Crippen LogP contribution is 2.37. The fourth-order valence-corrected chi connectivity index (χ4v) is 6.90. The summed E-state index contributed by atoms with van der Waals surface area (Å²) in [4.78, 5) is 12.2. The fraction of sp³-hybridized carbons (Fsp3) is 0.906.